The van der Waals surface area contributed by atoms with Crippen molar-refractivity contribution in [3.8, 4) is 11.5 Å². The minimum atomic E-state index is -0.849. The van der Waals surface area contributed by atoms with Gasteiger partial charge in [-0.05, 0) is 55.1 Å². The van der Waals surface area contributed by atoms with Crippen molar-refractivity contribution < 1.29 is 38.2 Å². The van der Waals surface area contributed by atoms with Gasteiger partial charge >= 0.3 is 18.9 Å². The zero-order valence-corrected chi connectivity index (χ0v) is 14.2. The van der Waals surface area contributed by atoms with E-state index < -0.39 is 6.10 Å². The van der Waals surface area contributed by atoms with Crippen molar-refractivity contribution in [2.75, 3.05) is 27.0 Å². The molecule has 0 amide bonds. The summed E-state index contributed by atoms with van der Waals surface area (Å²) < 4.78 is 16.5. The fraction of sp³-hybridized carbons (Fsp3) is 0.556. The summed E-state index contributed by atoms with van der Waals surface area (Å²) in [6.07, 6.45) is 4.38. The van der Waals surface area contributed by atoms with E-state index in [-0.39, 0.29) is 37.1 Å². The first-order valence-electron chi connectivity index (χ1n) is 8.33. The standard InChI is InChI=1S/C18H20NO4.Li/c1-21-15-9-18-4-2-5-19(18)6-3-11-7-13-14(23-10-22-13)8-12(11)16(18)17(15)20;/h7-9,16-17H,2-6,10H2,1H3;/q-1;+1. The van der Waals surface area contributed by atoms with Gasteiger partial charge in [-0.3, -0.25) is 4.90 Å². The van der Waals surface area contributed by atoms with Gasteiger partial charge in [-0.25, -0.2) is 0 Å². The minimum absolute atomic E-state index is 0. The molecule has 0 aromatic heterocycles. The number of ether oxygens (including phenoxy) is 3. The first kappa shape index (κ1) is 16.4. The van der Waals surface area contributed by atoms with Crippen LogP contribution in [0.25, 0.3) is 0 Å². The summed E-state index contributed by atoms with van der Waals surface area (Å²) in [7, 11) is 1.61. The van der Waals surface area contributed by atoms with E-state index in [0.717, 1.165) is 49.4 Å². The molecule has 24 heavy (non-hydrogen) atoms. The molecule has 3 aliphatic heterocycles. The van der Waals surface area contributed by atoms with Crippen LogP contribution >= 0.6 is 0 Å². The Bertz CT molecular complexity index is 707. The third kappa shape index (κ3) is 2.02. The SMILES string of the molecule is COC1=CC23CCCN2CCc2cc4c(cc2C3C1[O-])OCO4.[Li+]. The van der Waals surface area contributed by atoms with Crippen LogP contribution in [0.2, 0.25) is 0 Å². The third-order valence-electron chi connectivity index (χ3n) is 5.96. The Kier molecular flexibility index (Phi) is 3.89. The molecule has 4 aliphatic rings. The van der Waals surface area contributed by atoms with E-state index in [2.05, 4.69) is 17.0 Å². The Hall–Kier alpha value is -1.12. The van der Waals surface area contributed by atoms with Gasteiger partial charge < -0.3 is 19.3 Å². The van der Waals surface area contributed by atoms with Gasteiger partial charge in [-0.1, -0.05) is 6.10 Å². The number of nitrogens with zero attached hydrogens (tertiary/aromatic N) is 1. The molecule has 5 rings (SSSR count). The second-order valence-corrected chi connectivity index (χ2v) is 6.89. The largest absolute Gasteiger partial charge is 1.00 e. The van der Waals surface area contributed by atoms with Crippen LogP contribution in [0.5, 0.6) is 11.5 Å². The Morgan fingerprint density at radius 2 is 2.04 bits per heavy atom. The van der Waals surface area contributed by atoms with Crippen molar-refractivity contribution in [3.63, 3.8) is 0 Å². The van der Waals surface area contributed by atoms with Gasteiger partial charge in [0.25, 0.3) is 0 Å². The Morgan fingerprint density at radius 3 is 2.83 bits per heavy atom. The molecule has 6 heteroatoms. The maximum absolute atomic E-state index is 13.1. The maximum atomic E-state index is 13.1. The van der Waals surface area contributed by atoms with E-state index in [1.807, 2.05) is 6.07 Å². The van der Waals surface area contributed by atoms with Crippen molar-refractivity contribution in [2.24, 2.45) is 0 Å². The summed E-state index contributed by atoms with van der Waals surface area (Å²) in [5.74, 6) is 2.06. The van der Waals surface area contributed by atoms with Crippen LogP contribution < -0.4 is 33.4 Å². The average molecular weight is 321 g/mol. The van der Waals surface area contributed by atoms with E-state index in [4.69, 9.17) is 14.2 Å². The number of hydrogen-bond donors (Lipinski definition) is 0. The molecular formula is C18H20LiNO4. The Labute approximate surface area is 153 Å². The molecule has 5 nitrogen and oxygen atoms in total. The van der Waals surface area contributed by atoms with Crippen LogP contribution in [0.3, 0.4) is 0 Å². The summed E-state index contributed by atoms with van der Waals surface area (Å²) in [6, 6.07) is 4.12. The fourth-order valence-corrected chi connectivity index (χ4v) is 4.97. The zero-order chi connectivity index (χ0) is 15.6. The van der Waals surface area contributed by atoms with Gasteiger partial charge in [0.1, 0.15) is 0 Å². The van der Waals surface area contributed by atoms with Crippen LogP contribution in [-0.2, 0) is 11.2 Å². The number of methoxy groups -OCH3 is 1. The predicted octanol–water partition coefficient (Wildman–Crippen LogP) is -1.83. The molecule has 1 fully saturated rings. The van der Waals surface area contributed by atoms with Gasteiger partial charge in [-0.15, -0.1) is 0 Å². The molecule has 3 unspecified atom stereocenters. The normalized spacial score (nSPS) is 33.0. The molecule has 0 saturated carbocycles. The van der Waals surface area contributed by atoms with Crippen LogP contribution in [0.1, 0.15) is 29.9 Å². The number of rotatable bonds is 1. The molecule has 1 saturated heterocycles. The van der Waals surface area contributed by atoms with E-state index in [9.17, 15) is 5.11 Å². The molecule has 0 bridgehead atoms. The first-order valence-corrected chi connectivity index (χ1v) is 8.33. The van der Waals surface area contributed by atoms with Crippen molar-refractivity contribution in [1.29, 1.82) is 0 Å². The van der Waals surface area contributed by atoms with Crippen molar-refractivity contribution in [2.45, 2.75) is 36.8 Å². The number of benzene rings is 1. The molecule has 3 atom stereocenters. The van der Waals surface area contributed by atoms with E-state index >= 15 is 0 Å². The van der Waals surface area contributed by atoms with Crippen LogP contribution in [-0.4, -0.2) is 43.5 Å². The summed E-state index contributed by atoms with van der Waals surface area (Å²) in [5.41, 5.74) is 2.16. The monoisotopic (exact) mass is 321 g/mol. The van der Waals surface area contributed by atoms with Crippen LogP contribution in [0, 0.1) is 0 Å². The smallest absolute Gasteiger partial charge is 0.846 e. The van der Waals surface area contributed by atoms with Crippen LogP contribution in [0.15, 0.2) is 24.0 Å². The molecule has 0 N–H and O–H groups in total. The number of fused-ring (bicyclic) bond motifs is 3. The summed E-state index contributed by atoms with van der Waals surface area (Å²) >= 11 is 0. The second-order valence-electron chi connectivity index (χ2n) is 6.89. The quantitative estimate of drug-likeness (QED) is 0.570. The van der Waals surface area contributed by atoms with Gasteiger partial charge in [0.05, 0.1) is 12.9 Å². The molecule has 1 spiro atoms. The molecule has 1 aromatic carbocycles. The topological polar surface area (TPSA) is 54.0 Å². The molecule has 122 valence electrons. The molecule has 1 aromatic rings. The van der Waals surface area contributed by atoms with Gasteiger partial charge in [-0.2, -0.15) is 0 Å². The summed E-state index contributed by atoms with van der Waals surface area (Å²) in [5, 5.41) is 13.1. The van der Waals surface area contributed by atoms with Gasteiger partial charge in [0.15, 0.2) is 11.5 Å². The molecule has 3 heterocycles. The summed E-state index contributed by atoms with van der Waals surface area (Å²) in [6.45, 7) is 2.29. The second kappa shape index (κ2) is 5.71. The minimum Gasteiger partial charge on any atom is -0.846 e. The third-order valence-corrected chi connectivity index (χ3v) is 5.96. The molecular weight excluding hydrogens is 301 g/mol. The van der Waals surface area contributed by atoms with Crippen molar-refractivity contribution in [3.05, 3.63) is 35.1 Å². The van der Waals surface area contributed by atoms with Crippen molar-refractivity contribution >= 4 is 0 Å². The predicted molar refractivity (Wildman–Crippen MR) is 81.4 cm³/mol. The van der Waals surface area contributed by atoms with Gasteiger partial charge in [0.2, 0.25) is 6.79 Å². The van der Waals surface area contributed by atoms with Gasteiger partial charge in [0, 0.05) is 18.0 Å². The fourth-order valence-electron chi connectivity index (χ4n) is 4.97. The first-order chi connectivity index (χ1) is 11.2. The number of hydrogen-bond acceptors (Lipinski definition) is 5. The Balaban J connectivity index is 0.00000146. The zero-order valence-electron chi connectivity index (χ0n) is 14.2. The van der Waals surface area contributed by atoms with Crippen LogP contribution in [0.4, 0.5) is 0 Å². The average Bonchev–Trinajstić information content (AvgIpc) is 3.21. The van der Waals surface area contributed by atoms with E-state index in [1.54, 1.807) is 7.11 Å². The van der Waals surface area contributed by atoms with Crippen molar-refractivity contribution in [1.82, 2.24) is 4.90 Å². The Morgan fingerprint density at radius 1 is 1.25 bits per heavy atom. The van der Waals surface area contributed by atoms with E-state index in [1.165, 1.54) is 5.56 Å². The maximum Gasteiger partial charge on any atom is 1.00 e. The summed E-state index contributed by atoms with van der Waals surface area (Å²) in [4.78, 5) is 2.49. The molecule has 1 aliphatic carbocycles. The molecule has 0 radical (unpaired) electrons. The van der Waals surface area contributed by atoms with E-state index in [0.29, 0.717) is 5.76 Å².